The molecule has 0 saturated heterocycles. The lowest BCUT2D eigenvalue weighted by molar-refractivity contribution is -0.384. The Labute approximate surface area is 220 Å². The maximum Gasteiger partial charge on any atom is 0.335 e. The summed E-state index contributed by atoms with van der Waals surface area (Å²) in [6.07, 6.45) is 7.27. The Hall–Kier alpha value is -3.84. The number of carbonyl (C=O) groups is 1. The topological polar surface area (TPSA) is 92.9 Å². The van der Waals surface area contributed by atoms with Crippen LogP contribution in [-0.4, -0.2) is 22.2 Å². The summed E-state index contributed by atoms with van der Waals surface area (Å²) in [5, 5.41) is 21.2. The van der Waals surface area contributed by atoms with Gasteiger partial charge in [-0.2, -0.15) is 0 Å². The van der Waals surface area contributed by atoms with Gasteiger partial charge in [0.25, 0.3) is 5.69 Å². The first-order chi connectivity index (χ1) is 17.9. The molecule has 190 valence electrons. The molecule has 3 aromatic carbocycles. The molecular weight excluding hydrogens is 492 g/mol. The predicted molar refractivity (Wildman–Crippen MR) is 143 cm³/mol. The van der Waals surface area contributed by atoms with Crippen molar-refractivity contribution in [3.63, 3.8) is 0 Å². The smallest absolute Gasteiger partial charge is 0.335 e. The van der Waals surface area contributed by atoms with Gasteiger partial charge in [0.15, 0.2) is 6.23 Å². The molecule has 8 heteroatoms. The molecule has 1 heterocycles. The van der Waals surface area contributed by atoms with Crippen molar-refractivity contribution in [3.8, 4) is 0 Å². The second kappa shape index (κ2) is 10.6. The van der Waals surface area contributed by atoms with Gasteiger partial charge in [0.05, 0.1) is 16.5 Å². The molecular formula is C29H27ClN2O5. The lowest BCUT2D eigenvalue weighted by Crippen LogP contribution is -2.47. The van der Waals surface area contributed by atoms with E-state index in [0.717, 1.165) is 42.5 Å². The van der Waals surface area contributed by atoms with Crippen LogP contribution in [0, 0.1) is 16.0 Å². The summed E-state index contributed by atoms with van der Waals surface area (Å²) >= 11 is 6.21. The molecule has 0 aromatic heterocycles. The monoisotopic (exact) mass is 518 g/mol. The zero-order chi connectivity index (χ0) is 25.9. The Morgan fingerprint density at radius 3 is 2.19 bits per heavy atom. The summed E-state index contributed by atoms with van der Waals surface area (Å²) in [4.78, 5) is 24.5. The largest absolute Gasteiger partial charge is 0.478 e. The van der Waals surface area contributed by atoms with Gasteiger partial charge in [0, 0.05) is 34.3 Å². The number of non-ortho nitro benzene ring substituents is 1. The minimum atomic E-state index is -0.983. The fraction of sp³-hybridized carbons (Fsp3) is 0.276. The summed E-state index contributed by atoms with van der Waals surface area (Å²) < 4.78 is 6.72. The van der Waals surface area contributed by atoms with E-state index in [2.05, 4.69) is 4.90 Å². The van der Waals surface area contributed by atoms with Gasteiger partial charge < -0.3 is 14.7 Å². The van der Waals surface area contributed by atoms with Crippen molar-refractivity contribution in [1.29, 1.82) is 0 Å². The van der Waals surface area contributed by atoms with Gasteiger partial charge in [0.2, 0.25) is 0 Å². The number of nitro groups is 1. The molecule has 37 heavy (non-hydrogen) atoms. The Balaban J connectivity index is 1.63. The molecule has 1 aliphatic heterocycles. The molecule has 0 amide bonds. The van der Waals surface area contributed by atoms with Crippen LogP contribution in [0.1, 0.15) is 59.6 Å². The number of hydrogen-bond acceptors (Lipinski definition) is 5. The van der Waals surface area contributed by atoms with Crippen LogP contribution in [0.3, 0.4) is 0 Å². The summed E-state index contributed by atoms with van der Waals surface area (Å²) in [7, 11) is 0. The number of nitro benzene ring substituents is 1. The van der Waals surface area contributed by atoms with E-state index in [1.165, 1.54) is 18.6 Å². The van der Waals surface area contributed by atoms with E-state index in [4.69, 9.17) is 16.3 Å². The van der Waals surface area contributed by atoms with Gasteiger partial charge in [-0.1, -0.05) is 43.0 Å². The Morgan fingerprint density at radius 2 is 1.59 bits per heavy atom. The molecule has 0 radical (unpaired) electrons. The number of nitrogens with zero attached hydrogens (tertiary/aromatic N) is 2. The number of benzene rings is 3. The van der Waals surface area contributed by atoms with Crippen LogP contribution in [0.5, 0.6) is 0 Å². The number of carboxylic acid groups (broad SMARTS) is 1. The summed E-state index contributed by atoms with van der Waals surface area (Å²) in [5.74, 6) is -0.0316. The van der Waals surface area contributed by atoms with E-state index in [1.807, 2.05) is 30.3 Å². The van der Waals surface area contributed by atoms with Gasteiger partial charge in [0.1, 0.15) is 5.76 Å². The molecule has 2 unspecified atom stereocenters. The highest BCUT2D eigenvalue weighted by atomic mass is 35.5. The average Bonchev–Trinajstić information content (AvgIpc) is 2.93. The standard InChI is InChI=1S/C29H27ClN2O5/c30-23-12-16-24(17-13-23)31-26(19-10-14-25(15-11-19)32(35)36)18-27(20-6-8-22(9-7-20)29(33)34)37-28(31)21-4-2-1-3-5-21/h6-18,21,26,28H,1-5H2,(H,33,34). The first-order valence-electron chi connectivity index (χ1n) is 12.4. The third-order valence-electron chi connectivity index (χ3n) is 7.17. The molecule has 1 saturated carbocycles. The normalized spacial score (nSPS) is 20.1. The van der Waals surface area contributed by atoms with Crippen LogP contribution >= 0.6 is 11.6 Å². The fourth-order valence-electron chi connectivity index (χ4n) is 5.26. The molecule has 2 atom stereocenters. The lowest BCUT2D eigenvalue weighted by atomic mass is 9.85. The van der Waals surface area contributed by atoms with Crippen LogP contribution in [0.2, 0.25) is 5.02 Å². The van der Waals surface area contributed by atoms with Crippen molar-refractivity contribution in [1.82, 2.24) is 0 Å². The molecule has 7 nitrogen and oxygen atoms in total. The second-order valence-electron chi connectivity index (χ2n) is 9.50. The van der Waals surface area contributed by atoms with E-state index < -0.39 is 10.9 Å². The van der Waals surface area contributed by atoms with E-state index in [-0.39, 0.29) is 29.4 Å². The van der Waals surface area contributed by atoms with Crippen molar-refractivity contribution in [2.45, 2.75) is 44.4 Å². The molecule has 1 N–H and O–H groups in total. The molecule has 5 rings (SSSR count). The Kier molecular flexibility index (Phi) is 7.15. The number of ether oxygens (including phenoxy) is 1. The van der Waals surface area contributed by atoms with E-state index in [9.17, 15) is 20.0 Å². The average molecular weight is 519 g/mol. The number of rotatable bonds is 6. The molecule has 1 aliphatic carbocycles. The third-order valence-corrected chi connectivity index (χ3v) is 7.42. The van der Waals surface area contributed by atoms with Crippen molar-refractivity contribution in [2.24, 2.45) is 5.92 Å². The van der Waals surface area contributed by atoms with Crippen LogP contribution in [0.4, 0.5) is 11.4 Å². The SMILES string of the molecule is O=C(O)c1ccc(C2=CC(c3ccc([N+](=O)[O-])cc3)N(c3ccc(Cl)cc3)C(C3CCCCC3)O2)cc1. The quantitative estimate of drug-likeness (QED) is 0.268. The van der Waals surface area contributed by atoms with Gasteiger partial charge in [-0.05, 0) is 73.0 Å². The first-order valence-corrected chi connectivity index (χ1v) is 12.8. The van der Waals surface area contributed by atoms with Crippen LogP contribution in [0.15, 0.2) is 78.9 Å². The highest BCUT2D eigenvalue weighted by Crippen LogP contribution is 2.44. The van der Waals surface area contributed by atoms with Gasteiger partial charge in [-0.3, -0.25) is 10.1 Å². The van der Waals surface area contributed by atoms with Gasteiger partial charge >= 0.3 is 5.97 Å². The minimum Gasteiger partial charge on any atom is -0.478 e. The lowest BCUT2D eigenvalue weighted by Gasteiger charge is -2.46. The van der Waals surface area contributed by atoms with Crippen molar-refractivity contribution >= 4 is 34.7 Å². The van der Waals surface area contributed by atoms with Gasteiger partial charge in [-0.15, -0.1) is 0 Å². The number of hydrogen-bond donors (Lipinski definition) is 1. The van der Waals surface area contributed by atoms with E-state index in [0.29, 0.717) is 10.8 Å². The van der Waals surface area contributed by atoms with Crippen LogP contribution < -0.4 is 4.90 Å². The maximum atomic E-state index is 11.4. The number of carboxylic acids is 1. The minimum absolute atomic E-state index is 0.0335. The third kappa shape index (κ3) is 5.32. The first kappa shape index (κ1) is 24.8. The van der Waals surface area contributed by atoms with E-state index >= 15 is 0 Å². The number of anilines is 1. The predicted octanol–water partition coefficient (Wildman–Crippen LogP) is 7.47. The molecule has 2 aliphatic rings. The second-order valence-corrected chi connectivity index (χ2v) is 9.93. The molecule has 0 spiro atoms. The summed E-state index contributed by atoms with van der Waals surface area (Å²) in [6, 6.07) is 20.7. The number of aromatic carboxylic acids is 1. The molecule has 3 aromatic rings. The Morgan fingerprint density at radius 1 is 0.946 bits per heavy atom. The van der Waals surface area contributed by atoms with E-state index in [1.54, 1.807) is 36.4 Å². The number of halogens is 1. The summed E-state index contributed by atoms with van der Waals surface area (Å²) in [5.41, 5.74) is 2.86. The van der Waals surface area contributed by atoms with Crippen molar-refractivity contribution < 1.29 is 19.6 Å². The van der Waals surface area contributed by atoms with Crippen molar-refractivity contribution in [3.05, 3.63) is 111 Å². The van der Waals surface area contributed by atoms with Crippen LogP contribution in [0.25, 0.3) is 5.76 Å². The van der Waals surface area contributed by atoms with Crippen LogP contribution in [-0.2, 0) is 4.74 Å². The zero-order valence-electron chi connectivity index (χ0n) is 20.1. The van der Waals surface area contributed by atoms with Gasteiger partial charge in [-0.25, -0.2) is 4.79 Å². The fourth-order valence-corrected chi connectivity index (χ4v) is 5.39. The van der Waals surface area contributed by atoms with Crippen molar-refractivity contribution in [2.75, 3.05) is 4.90 Å². The highest BCUT2D eigenvalue weighted by molar-refractivity contribution is 6.30. The zero-order valence-corrected chi connectivity index (χ0v) is 20.9. The molecule has 1 fully saturated rings. The maximum absolute atomic E-state index is 11.4. The molecule has 0 bridgehead atoms. The summed E-state index contributed by atoms with van der Waals surface area (Å²) in [6.45, 7) is 0. The highest BCUT2D eigenvalue weighted by Gasteiger charge is 2.39. The Bertz CT molecular complexity index is 1300.